The maximum atomic E-state index is 13.2. The van der Waals surface area contributed by atoms with Crippen molar-refractivity contribution in [3.63, 3.8) is 0 Å². The van der Waals surface area contributed by atoms with Crippen molar-refractivity contribution in [2.45, 2.75) is 39.3 Å². The molecule has 1 aromatic rings. The normalized spacial score (nSPS) is 19.7. The standard InChI is InChI=1S/C17H24FN3/c1-13(2)20-10-14-4-3-7-21(11-14)12-15-5-6-17(18)8-16(15)9-19/h5-6,8,13-14,20H,3-4,7,10-12H2,1-2H3. The molecule has 1 fully saturated rings. The van der Waals surface area contributed by atoms with Gasteiger partial charge in [0.15, 0.2) is 0 Å². The highest BCUT2D eigenvalue weighted by Gasteiger charge is 2.20. The van der Waals surface area contributed by atoms with Crippen molar-refractivity contribution >= 4 is 0 Å². The number of likely N-dealkylation sites (tertiary alicyclic amines) is 1. The Morgan fingerprint density at radius 2 is 2.29 bits per heavy atom. The van der Waals surface area contributed by atoms with Crippen molar-refractivity contribution in [3.8, 4) is 6.07 Å². The lowest BCUT2D eigenvalue weighted by Gasteiger charge is -2.33. The number of benzene rings is 1. The van der Waals surface area contributed by atoms with Crippen LogP contribution in [0, 0.1) is 23.1 Å². The summed E-state index contributed by atoms with van der Waals surface area (Å²) in [7, 11) is 0. The summed E-state index contributed by atoms with van der Waals surface area (Å²) in [5.74, 6) is 0.320. The summed E-state index contributed by atoms with van der Waals surface area (Å²) in [6.45, 7) is 8.21. The molecular weight excluding hydrogens is 265 g/mol. The second kappa shape index (κ2) is 7.53. The van der Waals surface area contributed by atoms with Gasteiger partial charge in [-0.1, -0.05) is 19.9 Å². The lowest BCUT2D eigenvalue weighted by molar-refractivity contribution is 0.164. The van der Waals surface area contributed by atoms with Crippen molar-refractivity contribution in [1.82, 2.24) is 10.2 Å². The summed E-state index contributed by atoms with van der Waals surface area (Å²) in [5, 5.41) is 12.6. The number of nitriles is 1. The highest BCUT2D eigenvalue weighted by Crippen LogP contribution is 2.20. The molecule has 114 valence electrons. The highest BCUT2D eigenvalue weighted by molar-refractivity contribution is 5.37. The third kappa shape index (κ3) is 4.80. The minimum atomic E-state index is -0.340. The van der Waals surface area contributed by atoms with Gasteiger partial charge in [0.05, 0.1) is 11.6 Å². The van der Waals surface area contributed by atoms with E-state index in [0.29, 0.717) is 17.5 Å². The SMILES string of the molecule is CC(C)NCC1CCCN(Cc2ccc(F)cc2C#N)C1. The number of hydrogen-bond donors (Lipinski definition) is 1. The Bertz CT molecular complexity index is 507. The zero-order valence-corrected chi connectivity index (χ0v) is 12.9. The van der Waals surface area contributed by atoms with Crippen LogP contribution in [-0.4, -0.2) is 30.6 Å². The van der Waals surface area contributed by atoms with Crippen molar-refractivity contribution < 1.29 is 4.39 Å². The fourth-order valence-corrected chi connectivity index (χ4v) is 2.90. The molecule has 1 aliphatic heterocycles. The minimum Gasteiger partial charge on any atom is -0.314 e. The van der Waals surface area contributed by atoms with Gasteiger partial charge in [-0.15, -0.1) is 0 Å². The van der Waals surface area contributed by atoms with Gasteiger partial charge in [0, 0.05) is 19.1 Å². The highest BCUT2D eigenvalue weighted by atomic mass is 19.1. The van der Waals surface area contributed by atoms with Gasteiger partial charge in [-0.25, -0.2) is 4.39 Å². The Balaban J connectivity index is 1.95. The molecule has 1 aromatic carbocycles. The molecule has 1 N–H and O–H groups in total. The van der Waals surface area contributed by atoms with Gasteiger partial charge in [0.1, 0.15) is 5.82 Å². The molecule has 0 saturated carbocycles. The molecule has 1 unspecified atom stereocenters. The third-order valence-electron chi connectivity index (χ3n) is 4.00. The number of halogens is 1. The van der Waals surface area contributed by atoms with Gasteiger partial charge in [-0.3, -0.25) is 4.90 Å². The fourth-order valence-electron chi connectivity index (χ4n) is 2.90. The lowest BCUT2D eigenvalue weighted by atomic mass is 9.96. The molecule has 4 heteroatoms. The van der Waals surface area contributed by atoms with Crippen LogP contribution in [-0.2, 0) is 6.54 Å². The fraction of sp³-hybridized carbons (Fsp3) is 0.588. The Morgan fingerprint density at radius 3 is 3.00 bits per heavy atom. The Hall–Kier alpha value is -1.44. The summed E-state index contributed by atoms with van der Waals surface area (Å²) in [6, 6.07) is 7.13. The van der Waals surface area contributed by atoms with E-state index < -0.39 is 0 Å². The van der Waals surface area contributed by atoms with Crippen LogP contribution in [0.4, 0.5) is 4.39 Å². The van der Waals surface area contributed by atoms with Crippen LogP contribution in [0.25, 0.3) is 0 Å². The smallest absolute Gasteiger partial charge is 0.124 e. The third-order valence-corrected chi connectivity index (χ3v) is 4.00. The van der Waals surface area contributed by atoms with Crippen molar-refractivity contribution in [3.05, 3.63) is 35.1 Å². The van der Waals surface area contributed by atoms with Crippen molar-refractivity contribution in [2.24, 2.45) is 5.92 Å². The molecule has 1 atom stereocenters. The van der Waals surface area contributed by atoms with E-state index in [9.17, 15) is 4.39 Å². The summed E-state index contributed by atoms with van der Waals surface area (Å²) >= 11 is 0. The van der Waals surface area contributed by atoms with Crippen LogP contribution in [0.2, 0.25) is 0 Å². The summed E-state index contributed by atoms with van der Waals surface area (Å²) in [5.41, 5.74) is 1.38. The van der Waals surface area contributed by atoms with Gasteiger partial charge in [-0.05, 0) is 49.5 Å². The molecule has 21 heavy (non-hydrogen) atoms. The maximum Gasteiger partial charge on any atom is 0.124 e. The van der Waals surface area contributed by atoms with E-state index in [2.05, 4.69) is 30.1 Å². The van der Waals surface area contributed by atoms with Crippen LogP contribution in [0.3, 0.4) is 0 Å². The van der Waals surface area contributed by atoms with Crippen LogP contribution >= 0.6 is 0 Å². The van der Waals surface area contributed by atoms with E-state index >= 15 is 0 Å². The maximum absolute atomic E-state index is 13.2. The van der Waals surface area contributed by atoms with Crippen molar-refractivity contribution in [1.29, 1.82) is 5.26 Å². The molecule has 0 aromatic heterocycles. The first-order chi connectivity index (χ1) is 10.1. The van der Waals surface area contributed by atoms with Crippen LogP contribution in [0.1, 0.15) is 37.8 Å². The lowest BCUT2D eigenvalue weighted by Crippen LogP contribution is -2.40. The molecule has 3 nitrogen and oxygen atoms in total. The topological polar surface area (TPSA) is 39.1 Å². The largest absolute Gasteiger partial charge is 0.314 e. The molecular formula is C17H24FN3. The quantitative estimate of drug-likeness (QED) is 0.906. The van der Waals surface area contributed by atoms with Gasteiger partial charge >= 0.3 is 0 Å². The monoisotopic (exact) mass is 289 g/mol. The predicted molar refractivity (Wildman–Crippen MR) is 82.3 cm³/mol. The van der Waals surface area contributed by atoms with E-state index in [4.69, 9.17) is 5.26 Å². The van der Waals surface area contributed by atoms with E-state index in [1.54, 1.807) is 6.07 Å². The summed E-state index contributed by atoms with van der Waals surface area (Å²) < 4.78 is 13.2. The van der Waals surface area contributed by atoms with E-state index in [-0.39, 0.29) is 5.82 Å². The number of hydrogen-bond acceptors (Lipinski definition) is 3. The first-order valence-electron chi connectivity index (χ1n) is 7.72. The van der Waals surface area contributed by atoms with E-state index in [1.165, 1.54) is 25.0 Å². The predicted octanol–water partition coefficient (Wildman–Crippen LogP) is 2.91. The van der Waals surface area contributed by atoms with Gasteiger partial charge in [-0.2, -0.15) is 5.26 Å². The number of nitrogens with one attached hydrogen (secondary N) is 1. The second-order valence-electron chi connectivity index (χ2n) is 6.22. The van der Waals surface area contributed by atoms with Crippen LogP contribution < -0.4 is 5.32 Å². The molecule has 0 spiro atoms. The number of nitrogens with zero attached hydrogens (tertiary/aromatic N) is 2. The van der Waals surface area contributed by atoms with Gasteiger partial charge in [0.2, 0.25) is 0 Å². The minimum absolute atomic E-state index is 0.340. The summed E-state index contributed by atoms with van der Waals surface area (Å²) in [4.78, 5) is 2.38. The zero-order chi connectivity index (χ0) is 15.2. The van der Waals surface area contributed by atoms with E-state index in [1.807, 2.05) is 0 Å². The van der Waals surface area contributed by atoms with Crippen LogP contribution in [0.5, 0.6) is 0 Å². The van der Waals surface area contributed by atoms with Gasteiger partial charge < -0.3 is 5.32 Å². The average molecular weight is 289 g/mol. The molecule has 0 amide bonds. The molecule has 0 aliphatic carbocycles. The molecule has 1 heterocycles. The van der Waals surface area contributed by atoms with Gasteiger partial charge in [0.25, 0.3) is 0 Å². The number of rotatable bonds is 5. The Kier molecular flexibility index (Phi) is 5.72. The van der Waals surface area contributed by atoms with E-state index in [0.717, 1.165) is 31.7 Å². The van der Waals surface area contributed by atoms with Crippen molar-refractivity contribution in [2.75, 3.05) is 19.6 Å². The molecule has 0 radical (unpaired) electrons. The zero-order valence-electron chi connectivity index (χ0n) is 12.9. The molecule has 2 rings (SSSR count). The Morgan fingerprint density at radius 1 is 1.48 bits per heavy atom. The number of piperidine rings is 1. The molecule has 0 bridgehead atoms. The average Bonchev–Trinajstić information content (AvgIpc) is 2.47. The van der Waals surface area contributed by atoms with Crippen LogP contribution in [0.15, 0.2) is 18.2 Å². The molecule has 1 aliphatic rings. The molecule has 1 saturated heterocycles. The second-order valence-corrected chi connectivity index (χ2v) is 6.22. The Labute approximate surface area is 126 Å². The summed E-state index contributed by atoms with van der Waals surface area (Å²) in [6.07, 6.45) is 2.44. The first-order valence-corrected chi connectivity index (χ1v) is 7.72. The first kappa shape index (κ1) is 15.9.